The van der Waals surface area contributed by atoms with Crippen molar-refractivity contribution in [3.05, 3.63) is 77.3 Å². The first-order valence-electron chi connectivity index (χ1n) is 8.32. The van der Waals surface area contributed by atoms with Gasteiger partial charge in [-0.25, -0.2) is 0 Å². The normalized spacial score (nSPS) is 11.0. The molecule has 0 saturated heterocycles. The van der Waals surface area contributed by atoms with Gasteiger partial charge in [0.15, 0.2) is 18.9 Å². The molecule has 1 aromatic heterocycles. The predicted octanol–water partition coefficient (Wildman–Crippen LogP) is 4.50. The second kappa shape index (κ2) is 6.12. The van der Waals surface area contributed by atoms with E-state index in [9.17, 15) is 0 Å². The number of aromatic nitrogens is 1. The van der Waals surface area contributed by atoms with Gasteiger partial charge in [-0.2, -0.15) is 4.57 Å². The summed E-state index contributed by atoms with van der Waals surface area (Å²) in [7, 11) is 0. The summed E-state index contributed by atoms with van der Waals surface area (Å²) in [5.41, 5.74) is 14.4. The highest BCUT2D eigenvalue weighted by atomic mass is 14.9. The van der Waals surface area contributed by atoms with Crippen LogP contribution in [-0.4, -0.2) is 0 Å². The van der Waals surface area contributed by atoms with E-state index in [-0.39, 0.29) is 0 Å². The topological polar surface area (TPSA) is 29.9 Å². The van der Waals surface area contributed by atoms with E-state index in [2.05, 4.69) is 81.6 Å². The summed E-state index contributed by atoms with van der Waals surface area (Å²) < 4.78 is 2.11. The summed E-state index contributed by atoms with van der Waals surface area (Å²) >= 11 is 0. The lowest BCUT2D eigenvalue weighted by atomic mass is 9.86. The zero-order chi connectivity index (χ0) is 17.4. The van der Waals surface area contributed by atoms with Crippen LogP contribution in [0.4, 0.5) is 0 Å². The molecule has 2 N–H and O–H groups in total. The Balaban J connectivity index is 2.34. The van der Waals surface area contributed by atoms with Crippen LogP contribution in [0.15, 0.2) is 55.0 Å². The quantitative estimate of drug-likeness (QED) is 0.708. The number of fused-ring (bicyclic) bond motifs is 1. The van der Waals surface area contributed by atoms with Crippen molar-refractivity contribution in [2.24, 2.45) is 5.73 Å². The van der Waals surface area contributed by atoms with E-state index in [4.69, 9.17) is 5.73 Å². The lowest BCUT2D eigenvalue weighted by Gasteiger charge is -2.18. The molecule has 0 spiro atoms. The minimum atomic E-state index is 0.641. The Morgan fingerprint density at radius 3 is 2.33 bits per heavy atom. The standard InChI is InChI=1S/C22H25N2/c1-14-8-6-7-9-19(14)22-17(4)16(3)20-10-11-24(12-15(2)23)13-21(20)18(22)5/h6-11,13H,2,12,23H2,1,3-5H3/q+1. The van der Waals surface area contributed by atoms with Crippen LogP contribution in [0.3, 0.4) is 0 Å². The maximum Gasteiger partial charge on any atom is 0.187 e. The van der Waals surface area contributed by atoms with Crippen LogP contribution < -0.4 is 10.3 Å². The summed E-state index contributed by atoms with van der Waals surface area (Å²) in [6.07, 6.45) is 4.27. The SMILES string of the molecule is C=C(N)C[n+]1ccc2c(C)c(C)c(-c3ccccc3C)c(C)c2c1. The lowest BCUT2D eigenvalue weighted by Crippen LogP contribution is -2.35. The third-order valence-electron chi connectivity index (χ3n) is 4.94. The highest BCUT2D eigenvalue weighted by molar-refractivity contribution is 5.95. The molecule has 0 bridgehead atoms. The highest BCUT2D eigenvalue weighted by Gasteiger charge is 2.17. The van der Waals surface area contributed by atoms with Crippen LogP contribution in [0.25, 0.3) is 21.9 Å². The van der Waals surface area contributed by atoms with Crippen molar-refractivity contribution in [2.45, 2.75) is 34.2 Å². The summed E-state index contributed by atoms with van der Waals surface area (Å²) in [5, 5.41) is 2.58. The van der Waals surface area contributed by atoms with E-state index in [0.717, 1.165) is 0 Å². The maximum absolute atomic E-state index is 5.79. The van der Waals surface area contributed by atoms with E-state index < -0.39 is 0 Å². The van der Waals surface area contributed by atoms with Gasteiger partial charge in [-0.15, -0.1) is 0 Å². The Kier molecular flexibility index (Phi) is 4.15. The van der Waals surface area contributed by atoms with Crippen molar-refractivity contribution in [3.63, 3.8) is 0 Å². The molecule has 3 rings (SSSR count). The molecular formula is C22H25N2+. The molecule has 2 heteroatoms. The predicted molar refractivity (Wildman–Crippen MR) is 102 cm³/mol. The fourth-order valence-electron chi connectivity index (χ4n) is 3.56. The monoisotopic (exact) mass is 317 g/mol. The van der Waals surface area contributed by atoms with Gasteiger partial charge < -0.3 is 5.73 Å². The zero-order valence-corrected chi connectivity index (χ0v) is 15.0. The molecule has 0 radical (unpaired) electrons. The summed E-state index contributed by atoms with van der Waals surface area (Å²) in [6.45, 7) is 13.3. The molecule has 0 fully saturated rings. The molecule has 0 aliphatic rings. The number of aryl methyl sites for hydroxylation is 3. The number of benzene rings is 2. The molecule has 0 saturated carbocycles. The fourth-order valence-corrected chi connectivity index (χ4v) is 3.56. The van der Waals surface area contributed by atoms with Crippen LogP contribution in [0, 0.1) is 27.7 Å². The van der Waals surface area contributed by atoms with Crippen LogP contribution in [0.1, 0.15) is 22.3 Å². The number of rotatable bonds is 3. The molecule has 122 valence electrons. The Morgan fingerprint density at radius 2 is 1.67 bits per heavy atom. The number of nitrogens with two attached hydrogens (primary N) is 1. The smallest absolute Gasteiger partial charge is 0.187 e. The average molecular weight is 317 g/mol. The van der Waals surface area contributed by atoms with Crippen molar-refractivity contribution in [1.82, 2.24) is 0 Å². The average Bonchev–Trinajstić information content (AvgIpc) is 2.54. The molecular weight excluding hydrogens is 292 g/mol. The molecule has 24 heavy (non-hydrogen) atoms. The van der Waals surface area contributed by atoms with E-state index in [1.807, 2.05) is 0 Å². The van der Waals surface area contributed by atoms with Gasteiger partial charge >= 0.3 is 0 Å². The van der Waals surface area contributed by atoms with Gasteiger partial charge in [0.05, 0.1) is 5.70 Å². The van der Waals surface area contributed by atoms with Gasteiger partial charge in [0.25, 0.3) is 0 Å². The third kappa shape index (κ3) is 2.69. The van der Waals surface area contributed by atoms with Crippen LogP contribution >= 0.6 is 0 Å². The first kappa shape index (κ1) is 16.3. The van der Waals surface area contributed by atoms with Crippen molar-refractivity contribution in [2.75, 3.05) is 0 Å². The molecule has 0 aliphatic carbocycles. The number of hydrogen-bond acceptors (Lipinski definition) is 1. The van der Waals surface area contributed by atoms with Crippen molar-refractivity contribution in [3.8, 4) is 11.1 Å². The van der Waals surface area contributed by atoms with Gasteiger partial charge in [0.2, 0.25) is 0 Å². The van der Waals surface area contributed by atoms with E-state index >= 15 is 0 Å². The Morgan fingerprint density at radius 1 is 0.958 bits per heavy atom. The highest BCUT2D eigenvalue weighted by Crippen LogP contribution is 2.36. The second-order valence-corrected chi connectivity index (χ2v) is 6.67. The van der Waals surface area contributed by atoms with Gasteiger partial charge in [-0.05, 0) is 66.5 Å². The molecule has 2 aromatic carbocycles. The maximum atomic E-state index is 5.79. The van der Waals surface area contributed by atoms with Crippen LogP contribution in [-0.2, 0) is 6.54 Å². The molecule has 0 amide bonds. The number of hydrogen-bond donors (Lipinski definition) is 1. The van der Waals surface area contributed by atoms with Crippen molar-refractivity contribution >= 4 is 10.8 Å². The zero-order valence-electron chi connectivity index (χ0n) is 15.0. The Hall–Kier alpha value is -2.61. The van der Waals surface area contributed by atoms with Gasteiger partial charge in [-0.1, -0.05) is 30.8 Å². The number of allylic oxidation sites excluding steroid dienone is 1. The van der Waals surface area contributed by atoms with E-state index in [1.54, 1.807) is 0 Å². The fraction of sp³-hybridized carbons (Fsp3) is 0.227. The molecule has 3 aromatic rings. The summed E-state index contributed by atoms with van der Waals surface area (Å²) in [6, 6.07) is 10.8. The van der Waals surface area contributed by atoms with Crippen LogP contribution in [0.5, 0.6) is 0 Å². The Bertz CT molecular complexity index is 952. The van der Waals surface area contributed by atoms with Crippen molar-refractivity contribution in [1.29, 1.82) is 0 Å². The number of pyridine rings is 1. The van der Waals surface area contributed by atoms with Gasteiger partial charge in [0, 0.05) is 11.5 Å². The van der Waals surface area contributed by atoms with E-state index in [0.29, 0.717) is 12.2 Å². The van der Waals surface area contributed by atoms with Gasteiger partial charge in [-0.3, -0.25) is 0 Å². The summed E-state index contributed by atoms with van der Waals surface area (Å²) in [4.78, 5) is 0. The number of nitrogens with zero attached hydrogens (tertiary/aromatic N) is 1. The van der Waals surface area contributed by atoms with Crippen molar-refractivity contribution < 1.29 is 4.57 Å². The van der Waals surface area contributed by atoms with E-state index in [1.165, 1.54) is 44.2 Å². The van der Waals surface area contributed by atoms with Gasteiger partial charge in [0.1, 0.15) is 0 Å². The molecule has 0 aliphatic heterocycles. The molecule has 2 nitrogen and oxygen atoms in total. The van der Waals surface area contributed by atoms with Crippen LogP contribution in [0.2, 0.25) is 0 Å². The molecule has 1 heterocycles. The second-order valence-electron chi connectivity index (χ2n) is 6.67. The first-order chi connectivity index (χ1) is 11.4. The Labute approximate surface area is 144 Å². The minimum absolute atomic E-state index is 0.641. The summed E-state index contributed by atoms with van der Waals surface area (Å²) in [5.74, 6) is 0. The minimum Gasteiger partial charge on any atom is -0.397 e. The molecule has 0 unspecified atom stereocenters. The largest absolute Gasteiger partial charge is 0.397 e. The molecule has 0 atom stereocenters. The third-order valence-corrected chi connectivity index (χ3v) is 4.94. The first-order valence-corrected chi connectivity index (χ1v) is 8.32. The lowest BCUT2D eigenvalue weighted by molar-refractivity contribution is -0.687.